The predicted octanol–water partition coefficient (Wildman–Crippen LogP) is 2.80. The molecule has 0 N–H and O–H groups in total. The summed E-state index contributed by atoms with van der Waals surface area (Å²) in [5, 5.41) is 1.07. The van der Waals surface area contributed by atoms with Crippen LogP contribution in [0.3, 0.4) is 0 Å². The topological polar surface area (TPSA) is 36.4 Å². The molecular weight excluding hydrogens is 286 g/mol. The van der Waals surface area contributed by atoms with Crippen molar-refractivity contribution in [3.63, 3.8) is 0 Å². The Labute approximate surface area is 137 Å². The first-order valence-electron chi connectivity index (χ1n) is 8.23. The molecule has 0 bridgehead atoms. The van der Waals surface area contributed by atoms with Gasteiger partial charge < -0.3 is 9.80 Å². The highest BCUT2D eigenvalue weighted by Crippen LogP contribution is 2.17. The van der Waals surface area contributed by atoms with Gasteiger partial charge in [-0.3, -0.25) is 9.78 Å². The number of amides is 1. The number of hydrogen-bond donors (Lipinski definition) is 0. The van der Waals surface area contributed by atoms with Crippen molar-refractivity contribution in [3.8, 4) is 0 Å². The second-order valence-corrected chi connectivity index (χ2v) is 6.06. The third kappa shape index (κ3) is 3.96. The van der Waals surface area contributed by atoms with Crippen LogP contribution in [0, 0.1) is 0 Å². The summed E-state index contributed by atoms with van der Waals surface area (Å²) in [7, 11) is 1.87. The van der Waals surface area contributed by atoms with Crippen LogP contribution < -0.4 is 0 Å². The van der Waals surface area contributed by atoms with Crippen LogP contribution in [0.4, 0.5) is 0 Å². The lowest BCUT2D eigenvalue weighted by Crippen LogP contribution is -2.34. The molecule has 0 spiro atoms. The number of carbonyl (C=O) groups excluding carboxylic acids is 1. The highest BCUT2D eigenvalue weighted by Gasteiger charge is 2.13. The smallest absolute Gasteiger partial charge is 0.246 e. The van der Waals surface area contributed by atoms with Gasteiger partial charge in [0, 0.05) is 37.8 Å². The first-order valence-corrected chi connectivity index (χ1v) is 8.23. The highest BCUT2D eigenvalue weighted by molar-refractivity contribution is 5.95. The van der Waals surface area contributed by atoms with Crippen LogP contribution >= 0.6 is 0 Å². The average molecular weight is 309 g/mol. The Morgan fingerprint density at radius 2 is 2.04 bits per heavy atom. The summed E-state index contributed by atoms with van der Waals surface area (Å²) >= 11 is 0. The predicted molar refractivity (Wildman–Crippen MR) is 94.1 cm³/mol. The van der Waals surface area contributed by atoms with Crippen molar-refractivity contribution in [2.75, 3.05) is 33.2 Å². The van der Waals surface area contributed by atoms with Crippen molar-refractivity contribution in [3.05, 3.63) is 48.2 Å². The van der Waals surface area contributed by atoms with Crippen LogP contribution in [0.5, 0.6) is 0 Å². The zero-order chi connectivity index (χ0) is 16.1. The van der Waals surface area contributed by atoms with Crippen molar-refractivity contribution in [1.29, 1.82) is 0 Å². The van der Waals surface area contributed by atoms with Crippen molar-refractivity contribution in [2.45, 2.75) is 12.8 Å². The highest BCUT2D eigenvalue weighted by atomic mass is 16.2. The van der Waals surface area contributed by atoms with Crippen molar-refractivity contribution in [1.82, 2.24) is 14.8 Å². The number of nitrogens with zero attached hydrogens (tertiary/aromatic N) is 3. The van der Waals surface area contributed by atoms with Crippen LogP contribution in [-0.2, 0) is 4.79 Å². The number of likely N-dealkylation sites (tertiary alicyclic amines) is 1. The minimum Gasteiger partial charge on any atom is -0.341 e. The number of pyridine rings is 1. The number of carbonyl (C=O) groups is 1. The number of para-hydroxylation sites is 1. The molecule has 1 aliphatic heterocycles. The van der Waals surface area contributed by atoms with Crippen LogP contribution in [0.15, 0.2) is 42.6 Å². The van der Waals surface area contributed by atoms with E-state index in [1.165, 1.54) is 25.9 Å². The third-order valence-electron chi connectivity index (χ3n) is 4.41. The van der Waals surface area contributed by atoms with Crippen molar-refractivity contribution < 1.29 is 4.79 Å². The molecule has 2 aromatic rings. The number of hydrogen-bond acceptors (Lipinski definition) is 3. The van der Waals surface area contributed by atoms with Crippen LogP contribution in [0.25, 0.3) is 17.0 Å². The summed E-state index contributed by atoms with van der Waals surface area (Å²) in [6.07, 6.45) is 7.90. The second kappa shape index (κ2) is 7.38. The molecule has 1 aromatic heterocycles. The van der Waals surface area contributed by atoms with E-state index in [2.05, 4.69) is 9.88 Å². The van der Waals surface area contributed by atoms with E-state index in [-0.39, 0.29) is 5.91 Å². The molecule has 1 fully saturated rings. The lowest BCUT2D eigenvalue weighted by atomic mass is 10.1. The summed E-state index contributed by atoms with van der Waals surface area (Å²) in [5.74, 6) is 0.0464. The first kappa shape index (κ1) is 15.7. The minimum atomic E-state index is 0.0464. The third-order valence-corrected chi connectivity index (χ3v) is 4.41. The average Bonchev–Trinajstić information content (AvgIpc) is 3.11. The van der Waals surface area contributed by atoms with E-state index >= 15 is 0 Å². The Bertz CT molecular complexity index is 699. The van der Waals surface area contributed by atoms with E-state index in [1.807, 2.05) is 43.5 Å². The fourth-order valence-corrected chi connectivity index (χ4v) is 2.96. The maximum Gasteiger partial charge on any atom is 0.246 e. The zero-order valence-electron chi connectivity index (χ0n) is 13.6. The van der Waals surface area contributed by atoms with Gasteiger partial charge in [0.2, 0.25) is 5.91 Å². The molecule has 1 amide bonds. The van der Waals surface area contributed by atoms with Gasteiger partial charge in [-0.1, -0.05) is 18.2 Å². The van der Waals surface area contributed by atoms with Crippen molar-refractivity contribution in [2.24, 2.45) is 0 Å². The Morgan fingerprint density at radius 3 is 2.87 bits per heavy atom. The molecule has 0 radical (unpaired) electrons. The summed E-state index contributed by atoms with van der Waals surface area (Å²) in [5.41, 5.74) is 1.97. The van der Waals surface area contributed by atoms with Gasteiger partial charge in [-0.2, -0.15) is 0 Å². The zero-order valence-corrected chi connectivity index (χ0v) is 13.6. The lowest BCUT2D eigenvalue weighted by Gasteiger charge is -2.20. The minimum absolute atomic E-state index is 0.0464. The maximum absolute atomic E-state index is 12.3. The van der Waals surface area contributed by atoms with Gasteiger partial charge in [0.25, 0.3) is 0 Å². The quantitative estimate of drug-likeness (QED) is 0.797. The standard InChI is InChI=1S/C19H23N3O/c1-21(14-15-22-12-4-5-13-22)19(23)9-8-16-10-11-20-18-7-3-2-6-17(16)18/h2-3,6-11H,4-5,12-15H2,1H3. The molecule has 4 nitrogen and oxygen atoms in total. The molecule has 0 atom stereocenters. The fourth-order valence-electron chi connectivity index (χ4n) is 2.96. The number of aromatic nitrogens is 1. The van der Waals surface area contributed by atoms with Crippen LogP contribution in [-0.4, -0.2) is 53.9 Å². The maximum atomic E-state index is 12.3. The van der Waals surface area contributed by atoms with E-state index in [9.17, 15) is 4.79 Å². The summed E-state index contributed by atoms with van der Waals surface area (Å²) in [4.78, 5) is 20.8. The van der Waals surface area contributed by atoms with Gasteiger partial charge in [-0.25, -0.2) is 0 Å². The van der Waals surface area contributed by atoms with Gasteiger partial charge >= 0.3 is 0 Å². The normalized spacial score (nSPS) is 15.5. The summed E-state index contributed by atoms with van der Waals surface area (Å²) in [6, 6.07) is 9.92. The molecule has 1 aliphatic rings. The molecular formula is C19H23N3O. The Morgan fingerprint density at radius 1 is 1.26 bits per heavy atom. The SMILES string of the molecule is CN(CCN1CCCC1)C(=O)C=Cc1ccnc2ccccc12. The summed E-state index contributed by atoms with van der Waals surface area (Å²) in [6.45, 7) is 4.08. The molecule has 0 aliphatic carbocycles. The largest absolute Gasteiger partial charge is 0.341 e. The fraction of sp³-hybridized carbons (Fsp3) is 0.368. The molecule has 120 valence electrons. The molecule has 0 unspecified atom stereocenters. The molecule has 4 heteroatoms. The Kier molecular flexibility index (Phi) is 5.03. The molecule has 23 heavy (non-hydrogen) atoms. The van der Waals surface area contributed by atoms with Crippen LogP contribution in [0.2, 0.25) is 0 Å². The Hall–Kier alpha value is -2.20. The van der Waals surface area contributed by atoms with Gasteiger partial charge in [0.1, 0.15) is 0 Å². The molecule has 3 rings (SSSR count). The van der Waals surface area contributed by atoms with E-state index in [0.717, 1.165) is 29.6 Å². The molecule has 1 aromatic carbocycles. The second-order valence-electron chi connectivity index (χ2n) is 6.06. The van der Waals surface area contributed by atoms with E-state index in [4.69, 9.17) is 0 Å². The van der Waals surface area contributed by atoms with E-state index < -0.39 is 0 Å². The Balaban J connectivity index is 1.62. The number of likely N-dealkylation sites (N-methyl/N-ethyl adjacent to an activating group) is 1. The summed E-state index contributed by atoms with van der Waals surface area (Å²) < 4.78 is 0. The number of rotatable bonds is 5. The number of benzene rings is 1. The number of fused-ring (bicyclic) bond motifs is 1. The van der Waals surface area contributed by atoms with Gasteiger partial charge in [0.05, 0.1) is 5.52 Å². The van der Waals surface area contributed by atoms with E-state index in [0.29, 0.717) is 0 Å². The first-order chi connectivity index (χ1) is 11.2. The molecule has 2 heterocycles. The molecule has 0 saturated carbocycles. The van der Waals surface area contributed by atoms with Crippen LogP contribution in [0.1, 0.15) is 18.4 Å². The molecule has 1 saturated heterocycles. The van der Waals surface area contributed by atoms with Gasteiger partial charge in [0.15, 0.2) is 0 Å². The van der Waals surface area contributed by atoms with Crippen molar-refractivity contribution >= 4 is 22.9 Å². The lowest BCUT2D eigenvalue weighted by molar-refractivity contribution is -0.124. The van der Waals surface area contributed by atoms with Gasteiger partial charge in [-0.15, -0.1) is 0 Å². The monoisotopic (exact) mass is 309 g/mol. The van der Waals surface area contributed by atoms with E-state index in [1.54, 1.807) is 17.2 Å². The van der Waals surface area contributed by atoms with Gasteiger partial charge in [-0.05, 0) is 49.7 Å².